The summed E-state index contributed by atoms with van der Waals surface area (Å²) in [6, 6.07) is 18.1. The van der Waals surface area contributed by atoms with Crippen molar-refractivity contribution in [3.05, 3.63) is 77.5 Å². The molecule has 4 aromatic rings. The highest BCUT2D eigenvalue weighted by Gasteiger charge is 2.20. The van der Waals surface area contributed by atoms with E-state index in [0.717, 1.165) is 66.3 Å². The number of nitrogens with zero attached hydrogens (tertiary/aromatic N) is 4. The second-order valence-electron chi connectivity index (χ2n) is 9.29. The van der Waals surface area contributed by atoms with Crippen molar-refractivity contribution in [3.63, 3.8) is 0 Å². The molecule has 3 heterocycles. The van der Waals surface area contributed by atoms with Crippen molar-refractivity contribution >= 4 is 22.6 Å². The Morgan fingerprint density at radius 1 is 1.09 bits per heavy atom. The molecule has 1 N–H and O–H groups in total. The minimum absolute atomic E-state index is 0.122. The van der Waals surface area contributed by atoms with Crippen molar-refractivity contribution in [3.8, 4) is 11.3 Å². The second-order valence-corrected chi connectivity index (χ2v) is 9.29. The number of nitrogens with one attached hydrogen (secondary N) is 1. The van der Waals surface area contributed by atoms with Gasteiger partial charge in [0, 0.05) is 36.9 Å². The number of ether oxygens (including phenoxy) is 1. The fourth-order valence-corrected chi connectivity index (χ4v) is 4.55. The van der Waals surface area contributed by atoms with E-state index in [9.17, 15) is 4.79 Å². The molecule has 1 aliphatic rings. The van der Waals surface area contributed by atoms with Gasteiger partial charge in [0.25, 0.3) is 5.91 Å². The maximum absolute atomic E-state index is 13.7. The number of para-hydroxylation sites is 1. The maximum Gasteiger partial charge on any atom is 0.256 e. The highest BCUT2D eigenvalue weighted by Crippen LogP contribution is 2.29. The number of morpholine rings is 1. The van der Waals surface area contributed by atoms with Crippen LogP contribution in [0.15, 0.2) is 60.8 Å². The van der Waals surface area contributed by atoms with Gasteiger partial charge in [-0.25, -0.2) is 9.67 Å². The van der Waals surface area contributed by atoms with Crippen molar-refractivity contribution in [2.24, 2.45) is 0 Å². The van der Waals surface area contributed by atoms with Gasteiger partial charge in [0.2, 0.25) is 0 Å². The van der Waals surface area contributed by atoms with Gasteiger partial charge in [-0.2, -0.15) is 5.10 Å². The average Bonchev–Trinajstić information content (AvgIpc) is 3.30. The third-order valence-corrected chi connectivity index (χ3v) is 6.48. The molecule has 1 aliphatic heterocycles. The van der Waals surface area contributed by atoms with Crippen molar-refractivity contribution in [2.45, 2.75) is 33.4 Å². The standard InChI is InChI=1S/C28H31N5O2/c1-19(2)33-27-24(17-29-33)23(16-26(30-27)22-10-6-4-8-20(22)3)28(34)31-25-11-7-5-9-21(25)18-32-12-14-35-15-13-32/h4-11,16-17,19H,12-15,18H2,1-3H3,(H,31,34). The smallest absolute Gasteiger partial charge is 0.256 e. The van der Waals surface area contributed by atoms with Crippen LogP contribution in [0.2, 0.25) is 0 Å². The first-order valence-corrected chi connectivity index (χ1v) is 12.1. The van der Waals surface area contributed by atoms with Crippen LogP contribution < -0.4 is 5.32 Å². The molecule has 1 saturated heterocycles. The number of carbonyl (C=O) groups excluding carboxylic acids is 1. The van der Waals surface area contributed by atoms with E-state index in [-0.39, 0.29) is 11.9 Å². The Hall–Kier alpha value is -3.55. The number of hydrogen-bond donors (Lipinski definition) is 1. The minimum atomic E-state index is -0.162. The number of benzene rings is 2. The molecule has 7 heteroatoms. The zero-order valence-corrected chi connectivity index (χ0v) is 20.5. The van der Waals surface area contributed by atoms with E-state index in [2.05, 4.69) is 48.2 Å². The number of aryl methyl sites for hydroxylation is 1. The van der Waals surface area contributed by atoms with Gasteiger partial charge in [-0.05, 0) is 44.0 Å². The lowest BCUT2D eigenvalue weighted by molar-refractivity contribution is 0.0342. The van der Waals surface area contributed by atoms with Crippen molar-refractivity contribution in [1.29, 1.82) is 0 Å². The monoisotopic (exact) mass is 469 g/mol. The molecule has 35 heavy (non-hydrogen) atoms. The fourth-order valence-electron chi connectivity index (χ4n) is 4.55. The maximum atomic E-state index is 13.7. The molecule has 5 rings (SSSR count). The summed E-state index contributed by atoms with van der Waals surface area (Å²) in [5.41, 5.74) is 6.08. The summed E-state index contributed by atoms with van der Waals surface area (Å²) in [5.74, 6) is -0.162. The summed E-state index contributed by atoms with van der Waals surface area (Å²) >= 11 is 0. The van der Waals surface area contributed by atoms with Crippen LogP contribution in [0, 0.1) is 6.92 Å². The van der Waals surface area contributed by atoms with Crippen LogP contribution in [-0.4, -0.2) is 51.9 Å². The molecule has 180 valence electrons. The van der Waals surface area contributed by atoms with Gasteiger partial charge in [0.15, 0.2) is 5.65 Å². The average molecular weight is 470 g/mol. The van der Waals surface area contributed by atoms with Crippen LogP contribution in [0.5, 0.6) is 0 Å². The largest absolute Gasteiger partial charge is 0.379 e. The van der Waals surface area contributed by atoms with Gasteiger partial charge in [-0.3, -0.25) is 9.69 Å². The molecule has 0 atom stereocenters. The van der Waals surface area contributed by atoms with Crippen LogP contribution in [-0.2, 0) is 11.3 Å². The molecule has 0 radical (unpaired) electrons. The van der Waals surface area contributed by atoms with E-state index < -0.39 is 0 Å². The number of anilines is 1. The van der Waals surface area contributed by atoms with Crippen LogP contribution in [0.25, 0.3) is 22.3 Å². The van der Waals surface area contributed by atoms with Crippen molar-refractivity contribution in [1.82, 2.24) is 19.7 Å². The number of carbonyl (C=O) groups is 1. The summed E-state index contributed by atoms with van der Waals surface area (Å²) < 4.78 is 7.36. The van der Waals surface area contributed by atoms with E-state index in [1.54, 1.807) is 6.20 Å². The molecule has 0 spiro atoms. The topological polar surface area (TPSA) is 72.3 Å². The van der Waals surface area contributed by atoms with E-state index >= 15 is 0 Å². The Kier molecular flexibility index (Phi) is 6.61. The van der Waals surface area contributed by atoms with Gasteiger partial charge in [-0.1, -0.05) is 42.5 Å². The summed E-state index contributed by atoms with van der Waals surface area (Å²) in [6.45, 7) is 10.2. The number of rotatable bonds is 6. The van der Waals surface area contributed by atoms with Gasteiger partial charge in [-0.15, -0.1) is 0 Å². The Morgan fingerprint density at radius 2 is 1.83 bits per heavy atom. The van der Waals surface area contributed by atoms with Gasteiger partial charge in [0.1, 0.15) is 0 Å². The molecule has 2 aromatic carbocycles. The molecule has 0 saturated carbocycles. The van der Waals surface area contributed by atoms with E-state index in [4.69, 9.17) is 9.72 Å². The highest BCUT2D eigenvalue weighted by molar-refractivity contribution is 6.13. The zero-order chi connectivity index (χ0) is 24.4. The Balaban J connectivity index is 1.53. The molecule has 0 bridgehead atoms. The summed E-state index contributed by atoms with van der Waals surface area (Å²) in [5, 5.41) is 8.48. The molecule has 1 fully saturated rings. The molecule has 2 aromatic heterocycles. The molecule has 0 aliphatic carbocycles. The third kappa shape index (κ3) is 4.83. The normalized spacial score (nSPS) is 14.5. The quantitative estimate of drug-likeness (QED) is 0.427. The number of amides is 1. The Bertz CT molecular complexity index is 1350. The van der Waals surface area contributed by atoms with E-state index in [1.165, 1.54) is 0 Å². The van der Waals surface area contributed by atoms with Gasteiger partial charge in [0.05, 0.1) is 36.1 Å². The molecule has 1 amide bonds. The Labute approximate surface area is 205 Å². The first kappa shape index (κ1) is 23.2. The Morgan fingerprint density at radius 3 is 2.60 bits per heavy atom. The van der Waals surface area contributed by atoms with Crippen molar-refractivity contribution in [2.75, 3.05) is 31.6 Å². The van der Waals surface area contributed by atoms with Crippen LogP contribution >= 0.6 is 0 Å². The lowest BCUT2D eigenvalue weighted by Crippen LogP contribution is -2.35. The van der Waals surface area contributed by atoms with Gasteiger partial charge < -0.3 is 10.1 Å². The van der Waals surface area contributed by atoms with Gasteiger partial charge >= 0.3 is 0 Å². The summed E-state index contributed by atoms with van der Waals surface area (Å²) in [6.07, 6.45) is 1.75. The number of fused-ring (bicyclic) bond motifs is 1. The first-order valence-electron chi connectivity index (χ1n) is 12.1. The first-order chi connectivity index (χ1) is 17.0. The summed E-state index contributed by atoms with van der Waals surface area (Å²) in [4.78, 5) is 21.0. The predicted octanol–water partition coefficient (Wildman–Crippen LogP) is 5.07. The molecule has 7 nitrogen and oxygen atoms in total. The fraction of sp³-hybridized carbons (Fsp3) is 0.321. The lowest BCUT2D eigenvalue weighted by atomic mass is 10.0. The van der Waals surface area contributed by atoms with Crippen molar-refractivity contribution < 1.29 is 9.53 Å². The summed E-state index contributed by atoms with van der Waals surface area (Å²) in [7, 11) is 0. The second kappa shape index (κ2) is 9.98. The zero-order valence-electron chi connectivity index (χ0n) is 20.5. The molecular formula is C28H31N5O2. The molecular weight excluding hydrogens is 438 g/mol. The number of aromatic nitrogens is 3. The number of hydrogen-bond acceptors (Lipinski definition) is 5. The molecule has 0 unspecified atom stereocenters. The van der Waals surface area contributed by atoms with Crippen LogP contribution in [0.1, 0.15) is 41.4 Å². The minimum Gasteiger partial charge on any atom is -0.379 e. The SMILES string of the molecule is Cc1ccccc1-c1cc(C(=O)Nc2ccccc2CN2CCOCC2)c2cnn(C(C)C)c2n1. The third-order valence-electron chi connectivity index (χ3n) is 6.48. The highest BCUT2D eigenvalue weighted by atomic mass is 16.5. The lowest BCUT2D eigenvalue weighted by Gasteiger charge is -2.27. The van der Waals surface area contributed by atoms with E-state index in [1.807, 2.05) is 47.1 Å². The van der Waals surface area contributed by atoms with Crippen LogP contribution in [0.3, 0.4) is 0 Å². The number of pyridine rings is 1. The predicted molar refractivity (Wildman–Crippen MR) is 139 cm³/mol. The van der Waals surface area contributed by atoms with Crippen LogP contribution in [0.4, 0.5) is 5.69 Å². The van der Waals surface area contributed by atoms with E-state index in [0.29, 0.717) is 11.2 Å².